The van der Waals surface area contributed by atoms with Crippen molar-refractivity contribution in [2.45, 2.75) is 71.6 Å². The van der Waals surface area contributed by atoms with Gasteiger partial charge in [0.1, 0.15) is 18.1 Å². The molecule has 0 aliphatic carbocycles. The molecule has 48 heavy (non-hydrogen) atoms. The summed E-state index contributed by atoms with van der Waals surface area (Å²) >= 11 is 0. The van der Waals surface area contributed by atoms with Gasteiger partial charge in [-0.25, -0.2) is 4.57 Å². The van der Waals surface area contributed by atoms with Gasteiger partial charge in [0.15, 0.2) is 0 Å². The molecule has 0 radical (unpaired) electrons. The number of hydrogen-bond acceptors (Lipinski definition) is 8. The van der Waals surface area contributed by atoms with E-state index in [-0.39, 0.29) is 0 Å². The monoisotopic (exact) mass is 675 g/mol. The predicted octanol–water partition coefficient (Wildman–Crippen LogP) is 9.44. The maximum atomic E-state index is 14.1. The molecule has 3 aromatic rings. The molecule has 0 N–H and O–H groups in total. The van der Waals surface area contributed by atoms with Crippen molar-refractivity contribution in [2.75, 3.05) is 53.4 Å². The number of piperidine rings is 2. The van der Waals surface area contributed by atoms with Crippen LogP contribution in [0.5, 0.6) is 11.5 Å². The lowest BCUT2D eigenvalue weighted by atomic mass is 9.87. The summed E-state index contributed by atoms with van der Waals surface area (Å²) in [6.45, 7) is 11.0. The van der Waals surface area contributed by atoms with Crippen LogP contribution in [0.2, 0.25) is 0 Å². The van der Waals surface area contributed by atoms with Gasteiger partial charge in [-0.3, -0.25) is 0 Å². The van der Waals surface area contributed by atoms with Crippen molar-refractivity contribution < 1.29 is 23.1 Å². The average Bonchev–Trinajstić information content (AvgIpc) is 3.09. The van der Waals surface area contributed by atoms with E-state index >= 15 is 0 Å². The third-order valence-electron chi connectivity index (χ3n) is 8.95. The summed E-state index contributed by atoms with van der Waals surface area (Å²) in [5.74, 6) is 1.76. The van der Waals surface area contributed by atoms with Crippen LogP contribution in [-0.4, -0.2) is 68.5 Å². The minimum atomic E-state index is -3.96. The van der Waals surface area contributed by atoms with Gasteiger partial charge in [-0.05, 0) is 110 Å². The molecule has 0 atom stereocenters. The van der Waals surface area contributed by atoms with Crippen LogP contribution in [0.1, 0.15) is 93.9 Å². The van der Waals surface area contributed by atoms with E-state index in [1.807, 2.05) is 50.5 Å². The Morgan fingerprint density at radius 3 is 1.65 bits per heavy atom. The molecule has 0 saturated carbocycles. The van der Waals surface area contributed by atoms with Crippen LogP contribution >= 0.6 is 7.82 Å². The first kappa shape index (κ1) is 36.3. The second kappa shape index (κ2) is 17.6. The Bertz CT molecular complexity index is 1470. The minimum absolute atomic E-state index is 0.444. The van der Waals surface area contributed by atoms with Crippen molar-refractivity contribution in [1.82, 2.24) is 15.0 Å². The summed E-state index contributed by atoms with van der Waals surface area (Å²) in [6, 6.07) is 25.1. The van der Waals surface area contributed by atoms with Gasteiger partial charge in [-0.1, -0.05) is 82.1 Å². The summed E-state index contributed by atoms with van der Waals surface area (Å²) in [7, 11) is 0.128. The minimum Gasteiger partial charge on any atom is -0.492 e. The molecule has 2 aliphatic rings. The maximum Gasteiger partial charge on any atom is 0.564 e. The fourth-order valence-corrected chi connectivity index (χ4v) is 7.58. The van der Waals surface area contributed by atoms with Crippen LogP contribution in [0, 0.1) is 0 Å². The normalized spacial score (nSPS) is 17.1. The van der Waals surface area contributed by atoms with Crippen molar-refractivity contribution in [1.29, 1.82) is 0 Å². The van der Waals surface area contributed by atoms with Gasteiger partial charge in [0, 0.05) is 32.7 Å². The number of benzene rings is 3. The zero-order valence-electron chi connectivity index (χ0n) is 29.5. The summed E-state index contributed by atoms with van der Waals surface area (Å²) in [4.78, 5) is 2.11. The lowest BCUT2D eigenvalue weighted by Gasteiger charge is -2.32. The molecule has 2 aliphatic heterocycles. The smallest absolute Gasteiger partial charge is 0.492 e. The molecule has 2 fully saturated rings. The second-order valence-corrected chi connectivity index (χ2v) is 14.8. The molecule has 260 valence electrons. The predicted molar refractivity (Wildman–Crippen MR) is 195 cm³/mol. The molecule has 0 bridgehead atoms. The Balaban J connectivity index is 1.45. The van der Waals surface area contributed by atoms with Crippen LogP contribution in [0.4, 0.5) is 0 Å². The van der Waals surface area contributed by atoms with Crippen LogP contribution < -0.4 is 9.26 Å². The number of phosphoric acid groups is 1. The van der Waals surface area contributed by atoms with E-state index in [4.69, 9.17) is 18.5 Å². The fraction of sp³-hybridized carbons (Fsp3) is 0.487. The van der Waals surface area contributed by atoms with Gasteiger partial charge in [0.25, 0.3) is 0 Å². The Hall–Kier alpha value is -2.97. The maximum absolute atomic E-state index is 14.1. The Labute approximate surface area is 288 Å². The first-order valence-corrected chi connectivity index (χ1v) is 19.2. The van der Waals surface area contributed by atoms with Crippen molar-refractivity contribution in [3.63, 3.8) is 0 Å². The molecule has 2 heterocycles. The Kier molecular flexibility index (Phi) is 13.3. The quantitative estimate of drug-likeness (QED) is 0.117. The van der Waals surface area contributed by atoms with Crippen molar-refractivity contribution >= 4 is 19.0 Å². The standard InChI is InChI=1S/C39H54N3O5P/c1-6-38(33-15-13-32(14-16-33)31(2)3)39(34-17-21-36(22-18-34)44-30-29-40(4)5)35-19-23-37(24-20-35)45-48(43,46-41-25-9-7-10-26-41)47-42-27-11-8-12-28-42/h13-24,31H,6-12,25-30H2,1-5H3/b39-38-. The van der Waals surface area contributed by atoms with Gasteiger partial charge in [0.05, 0.1) is 0 Å². The summed E-state index contributed by atoms with van der Waals surface area (Å²) in [5, 5.41) is 3.49. The molecule has 0 spiro atoms. The molecular formula is C39H54N3O5P. The third-order valence-corrected chi connectivity index (χ3v) is 10.2. The van der Waals surface area contributed by atoms with Crippen LogP contribution in [0.3, 0.4) is 0 Å². The molecule has 8 nitrogen and oxygen atoms in total. The van der Waals surface area contributed by atoms with E-state index in [2.05, 4.69) is 62.1 Å². The third kappa shape index (κ3) is 10.3. The first-order valence-electron chi connectivity index (χ1n) is 17.7. The lowest BCUT2D eigenvalue weighted by molar-refractivity contribution is -0.148. The zero-order valence-corrected chi connectivity index (χ0v) is 30.4. The molecule has 0 aromatic heterocycles. The highest BCUT2D eigenvalue weighted by Gasteiger charge is 2.37. The average molecular weight is 676 g/mol. The number of ether oxygens (including phenoxy) is 1. The fourth-order valence-electron chi connectivity index (χ4n) is 6.21. The van der Waals surface area contributed by atoms with Gasteiger partial charge >= 0.3 is 7.82 Å². The molecular weight excluding hydrogens is 621 g/mol. The number of allylic oxidation sites excluding steroid dienone is 1. The molecule has 0 amide bonds. The molecule has 2 saturated heterocycles. The van der Waals surface area contributed by atoms with Gasteiger partial charge in [0.2, 0.25) is 0 Å². The van der Waals surface area contributed by atoms with Crippen LogP contribution in [0.25, 0.3) is 11.1 Å². The summed E-state index contributed by atoms with van der Waals surface area (Å²) in [5.41, 5.74) is 7.03. The first-order chi connectivity index (χ1) is 23.2. The number of hydroxylamine groups is 4. The molecule has 5 rings (SSSR count). The second-order valence-electron chi connectivity index (χ2n) is 13.4. The Morgan fingerprint density at radius 2 is 1.19 bits per heavy atom. The highest BCUT2D eigenvalue weighted by Crippen LogP contribution is 2.52. The van der Waals surface area contributed by atoms with E-state index in [9.17, 15) is 4.57 Å². The van der Waals surface area contributed by atoms with Gasteiger partial charge < -0.3 is 14.2 Å². The number of hydrogen-bond donors (Lipinski definition) is 0. The highest BCUT2D eigenvalue weighted by molar-refractivity contribution is 7.48. The molecule has 0 unspecified atom stereocenters. The van der Waals surface area contributed by atoms with Gasteiger partial charge in [-0.2, -0.15) is 19.4 Å². The van der Waals surface area contributed by atoms with E-state index in [1.165, 1.54) is 16.7 Å². The zero-order chi connectivity index (χ0) is 33.9. The van der Waals surface area contributed by atoms with E-state index in [0.29, 0.717) is 44.5 Å². The van der Waals surface area contributed by atoms with Crippen LogP contribution in [-0.2, 0) is 13.8 Å². The largest absolute Gasteiger partial charge is 0.564 e. The van der Waals surface area contributed by atoms with E-state index in [0.717, 1.165) is 73.9 Å². The topological polar surface area (TPSA) is 63.7 Å². The SMILES string of the molecule is CC/C(=C(\c1ccc(OCCN(C)C)cc1)c1ccc(OP(=O)(ON2CCCCC2)ON2CCCCC2)cc1)c1ccc(C(C)C)cc1. The van der Waals surface area contributed by atoms with Crippen LogP contribution in [0.15, 0.2) is 72.8 Å². The van der Waals surface area contributed by atoms with E-state index in [1.54, 1.807) is 10.1 Å². The van der Waals surface area contributed by atoms with E-state index < -0.39 is 7.82 Å². The van der Waals surface area contributed by atoms with Crippen molar-refractivity contribution in [3.05, 3.63) is 95.1 Å². The lowest BCUT2D eigenvalue weighted by Crippen LogP contribution is -2.34. The number of nitrogens with zero attached hydrogens (tertiary/aromatic N) is 3. The highest BCUT2D eigenvalue weighted by atomic mass is 31.2. The number of likely N-dealkylation sites (N-methyl/N-ethyl adjacent to an activating group) is 1. The van der Waals surface area contributed by atoms with Crippen molar-refractivity contribution in [2.24, 2.45) is 0 Å². The number of rotatable bonds is 15. The summed E-state index contributed by atoms with van der Waals surface area (Å²) in [6.07, 6.45) is 7.12. The summed E-state index contributed by atoms with van der Waals surface area (Å²) < 4.78 is 38.3. The molecule has 3 aromatic carbocycles. The van der Waals surface area contributed by atoms with Gasteiger partial charge in [-0.15, -0.1) is 0 Å². The molecule has 9 heteroatoms. The van der Waals surface area contributed by atoms with Crippen molar-refractivity contribution in [3.8, 4) is 11.5 Å². The Morgan fingerprint density at radius 1 is 0.708 bits per heavy atom.